The van der Waals surface area contributed by atoms with Gasteiger partial charge in [0.25, 0.3) is 5.69 Å². The first kappa shape index (κ1) is 16.3. The minimum atomic E-state index is -0.498. The molecule has 0 aliphatic carbocycles. The van der Waals surface area contributed by atoms with Gasteiger partial charge in [-0.15, -0.1) is 0 Å². The summed E-state index contributed by atoms with van der Waals surface area (Å²) in [6, 6.07) is 7.61. The molecule has 23 heavy (non-hydrogen) atoms. The van der Waals surface area contributed by atoms with Crippen molar-refractivity contribution in [1.82, 2.24) is 0 Å². The van der Waals surface area contributed by atoms with Gasteiger partial charge in [-0.1, -0.05) is 0 Å². The van der Waals surface area contributed by atoms with Crippen LogP contribution in [0.1, 0.15) is 12.7 Å². The third kappa shape index (κ3) is 3.97. The van der Waals surface area contributed by atoms with Crippen LogP contribution in [0.5, 0.6) is 5.75 Å². The lowest BCUT2D eigenvalue weighted by atomic mass is 10.1. The van der Waals surface area contributed by atoms with Crippen LogP contribution < -0.4 is 4.74 Å². The predicted octanol–water partition coefficient (Wildman–Crippen LogP) is 3.44. The third-order valence-corrected chi connectivity index (χ3v) is 2.96. The van der Waals surface area contributed by atoms with Crippen molar-refractivity contribution >= 4 is 17.7 Å². The summed E-state index contributed by atoms with van der Waals surface area (Å²) in [6.07, 6.45) is 2.75. The zero-order valence-corrected chi connectivity index (χ0v) is 12.6. The van der Waals surface area contributed by atoms with Gasteiger partial charge in [0, 0.05) is 12.1 Å². The Labute approximate surface area is 132 Å². The summed E-state index contributed by atoms with van der Waals surface area (Å²) in [5.41, 5.74) is 0.508. The Morgan fingerprint density at radius 1 is 1.35 bits per heavy atom. The number of carbonyl (C=O) groups excluding carboxylic acids is 1. The second-order valence-corrected chi connectivity index (χ2v) is 4.43. The minimum absolute atomic E-state index is 0.0698. The van der Waals surface area contributed by atoms with Gasteiger partial charge in [0.2, 0.25) is 0 Å². The number of furan rings is 1. The number of nitro groups is 1. The van der Waals surface area contributed by atoms with Crippen LogP contribution in [0.3, 0.4) is 0 Å². The Morgan fingerprint density at radius 2 is 2.13 bits per heavy atom. The van der Waals surface area contributed by atoms with E-state index >= 15 is 0 Å². The summed E-state index contributed by atoms with van der Waals surface area (Å²) in [6.45, 7) is 2.02. The molecular weight excluding hydrogens is 302 g/mol. The SMILES string of the molecule is CCOC(=O)C=Cc1ccc(-c2ccc([N+](=O)[O-])cc2OC)o1. The lowest BCUT2D eigenvalue weighted by molar-refractivity contribution is -0.384. The van der Waals surface area contributed by atoms with E-state index in [1.807, 2.05) is 0 Å². The summed E-state index contributed by atoms with van der Waals surface area (Å²) < 4.78 is 15.5. The van der Waals surface area contributed by atoms with Crippen molar-refractivity contribution in [2.75, 3.05) is 13.7 Å². The normalized spacial score (nSPS) is 10.7. The van der Waals surface area contributed by atoms with Crippen molar-refractivity contribution in [3.63, 3.8) is 0 Å². The van der Waals surface area contributed by atoms with E-state index < -0.39 is 10.9 Å². The molecule has 0 fully saturated rings. The molecular formula is C16H15NO6. The lowest BCUT2D eigenvalue weighted by Gasteiger charge is -2.05. The zero-order chi connectivity index (χ0) is 16.8. The van der Waals surface area contributed by atoms with E-state index in [1.165, 1.54) is 31.4 Å². The van der Waals surface area contributed by atoms with E-state index in [9.17, 15) is 14.9 Å². The molecule has 0 aliphatic rings. The number of esters is 1. The van der Waals surface area contributed by atoms with Crippen molar-refractivity contribution < 1.29 is 23.6 Å². The van der Waals surface area contributed by atoms with Gasteiger partial charge in [-0.25, -0.2) is 4.79 Å². The smallest absolute Gasteiger partial charge is 0.330 e. The maximum absolute atomic E-state index is 11.3. The number of nitro benzene ring substituents is 1. The molecule has 0 saturated carbocycles. The number of non-ortho nitro benzene ring substituents is 1. The number of methoxy groups -OCH3 is 1. The van der Waals surface area contributed by atoms with Gasteiger partial charge in [-0.2, -0.15) is 0 Å². The van der Waals surface area contributed by atoms with Crippen LogP contribution in [0.25, 0.3) is 17.4 Å². The Hall–Kier alpha value is -3.09. The first-order valence-electron chi connectivity index (χ1n) is 6.82. The molecule has 0 spiro atoms. The van der Waals surface area contributed by atoms with Gasteiger partial charge in [0.05, 0.1) is 30.3 Å². The molecule has 1 heterocycles. The average molecular weight is 317 g/mol. The second kappa shape index (κ2) is 7.26. The summed E-state index contributed by atoms with van der Waals surface area (Å²) in [5.74, 6) is 0.793. The van der Waals surface area contributed by atoms with Gasteiger partial charge in [0.1, 0.15) is 17.3 Å². The van der Waals surface area contributed by atoms with Crippen LogP contribution in [0.15, 0.2) is 40.8 Å². The topological polar surface area (TPSA) is 91.8 Å². The number of carbonyl (C=O) groups is 1. The molecule has 0 bridgehead atoms. The van der Waals surface area contributed by atoms with Crippen LogP contribution in [0.2, 0.25) is 0 Å². The number of hydrogen-bond acceptors (Lipinski definition) is 6. The Morgan fingerprint density at radius 3 is 2.78 bits per heavy atom. The van der Waals surface area contributed by atoms with E-state index in [4.69, 9.17) is 13.9 Å². The highest BCUT2D eigenvalue weighted by atomic mass is 16.6. The fourth-order valence-corrected chi connectivity index (χ4v) is 1.92. The number of hydrogen-bond donors (Lipinski definition) is 0. The number of nitrogens with zero attached hydrogens (tertiary/aromatic N) is 1. The molecule has 2 rings (SSSR count). The maximum atomic E-state index is 11.3. The molecule has 0 unspecified atom stereocenters. The molecule has 0 amide bonds. The van der Waals surface area contributed by atoms with Crippen LogP contribution in [-0.2, 0) is 9.53 Å². The standard InChI is InChI=1S/C16H15NO6/c1-3-22-16(18)9-6-12-5-8-14(23-12)13-7-4-11(17(19)20)10-15(13)21-2/h4-10H,3H2,1-2H3. The number of benzene rings is 1. The van der Waals surface area contributed by atoms with Crippen LogP contribution in [-0.4, -0.2) is 24.6 Å². The Kier molecular flexibility index (Phi) is 5.14. The van der Waals surface area contributed by atoms with Crippen LogP contribution in [0, 0.1) is 10.1 Å². The summed E-state index contributed by atoms with van der Waals surface area (Å²) in [4.78, 5) is 21.6. The van der Waals surface area contributed by atoms with Crippen molar-refractivity contribution in [3.05, 3.63) is 52.3 Å². The highest BCUT2D eigenvalue weighted by molar-refractivity contribution is 5.86. The molecule has 1 aromatic carbocycles. The van der Waals surface area contributed by atoms with Crippen LogP contribution in [0.4, 0.5) is 5.69 Å². The number of ether oxygens (including phenoxy) is 2. The molecule has 0 radical (unpaired) electrons. The van der Waals surface area contributed by atoms with Gasteiger partial charge in [-0.3, -0.25) is 10.1 Å². The van der Waals surface area contributed by atoms with E-state index in [0.29, 0.717) is 29.4 Å². The van der Waals surface area contributed by atoms with Crippen molar-refractivity contribution in [2.45, 2.75) is 6.92 Å². The van der Waals surface area contributed by atoms with E-state index in [2.05, 4.69) is 0 Å². The van der Waals surface area contributed by atoms with Crippen molar-refractivity contribution in [2.24, 2.45) is 0 Å². The molecule has 0 atom stereocenters. The van der Waals surface area contributed by atoms with Crippen molar-refractivity contribution in [3.8, 4) is 17.1 Å². The Balaban J connectivity index is 2.26. The third-order valence-electron chi connectivity index (χ3n) is 2.96. The molecule has 7 heteroatoms. The van der Waals surface area contributed by atoms with Gasteiger partial charge in [0.15, 0.2) is 0 Å². The summed E-state index contributed by atoms with van der Waals surface area (Å²) in [5, 5.41) is 10.8. The zero-order valence-electron chi connectivity index (χ0n) is 12.6. The van der Waals surface area contributed by atoms with E-state index in [0.717, 1.165) is 0 Å². The van der Waals surface area contributed by atoms with Crippen molar-refractivity contribution in [1.29, 1.82) is 0 Å². The van der Waals surface area contributed by atoms with E-state index in [1.54, 1.807) is 25.1 Å². The first-order valence-corrected chi connectivity index (χ1v) is 6.82. The van der Waals surface area contributed by atoms with Crippen LogP contribution >= 0.6 is 0 Å². The van der Waals surface area contributed by atoms with Gasteiger partial charge >= 0.3 is 5.97 Å². The fourth-order valence-electron chi connectivity index (χ4n) is 1.92. The largest absolute Gasteiger partial charge is 0.496 e. The monoisotopic (exact) mass is 317 g/mol. The van der Waals surface area contributed by atoms with Gasteiger partial charge in [-0.05, 0) is 31.2 Å². The van der Waals surface area contributed by atoms with E-state index in [-0.39, 0.29) is 5.69 Å². The Bertz CT molecular complexity index is 747. The predicted molar refractivity (Wildman–Crippen MR) is 83.0 cm³/mol. The molecule has 2 aromatic rings. The minimum Gasteiger partial charge on any atom is -0.496 e. The summed E-state index contributed by atoms with van der Waals surface area (Å²) >= 11 is 0. The molecule has 0 aliphatic heterocycles. The fraction of sp³-hybridized carbons (Fsp3) is 0.188. The highest BCUT2D eigenvalue weighted by Crippen LogP contribution is 2.34. The quantitative estimate of drug-likeness (QED) is 0.351. The first-order chi connectivity index (χ1) is 11.0. The maximum Gasteiger partial charge on any atom is 0.330 e. The van der Waals surface area contributed by atoms with Gasteiger partial charge < -0.3 is 13.9 Å². The second-order valence-electron chi connectivity index (χ2n) is 4.43. The highest BCUT2D eigenvalue weighted by Gasteiger charge is 2.15. The lowest BCUT2D eigenvalue weighted by Crippen LogP contribution is -1.98. The molecule has 120 valence electrons. The molecule has 0 N–H and O–H groups in total. The summed E-state index contributed by atoms with van der Waals surface area (Å²) in [7, 11) is 1.42. The number of rotatable bonds is 6. The molecule has 1 aromatic heterocycles. The molecule has 0 saturated heterocycles. The molecule has 7 nitrogen and oxygen atoms in total. The average Bonchev–Trinajstić information content (AvgIpc) is 3.01.